The molecule has 1 aromatic rings. The number of nitrogens with zero attached hydrogens (tertiary/aromatic N) is 2. The predicted octanol–water partition coefficient (Wildman–Crippen LogP) is 1.59. The molecule has 5 nitrogen and oxygen atoms in total. The molecule has 96 valence electrons. The smallest absolute Gasteiger partial charge is 0.258 e. The molecule has 0 spiro atoms. The van der Waals surface area contributed by atoms with Gasteiger partial charge in [0, 0.05) is 12.1 Å². The van der Waals surface area contributed by atoms with Crippen LogP contribution in [0.3, 0.4) is 0 Å². The van der Waals surface area contributed by atoms with Gasteiger partial charge in [-0.2, -0.15) is 5.10 Å². The molecule has 1 aromatic heterocycles. The summed E-state index contributed by atoms with van der Waals surface area (Å²) in [7, 11) is 0. The van der Waals surface area contributed by atoms with Crippen LogP contribution >= 0.6 is 0 Å². The van der Waals surface area contributed by atoms with Crippen LogP contribution in [0.15, 0.2) is 12.4 Å². The van der Waals surface area contributed by atoms with Crippen LogP contribution in [0.1, 0.15) is 34.1 Å². The third kappa shape index (κ3) is 4.46. The molecule has 1 rings (SSSR count). The van der Waals surface area contributed by atoms with Crippen molar-refractivity contribution >= 4 is 5.91 Å². The van der Waals surface area contributed by atoms with Crippen molar-refractivity contribution in [2.24, 2.45) is 0 Å². The van der Waals surface area contributed by atoms with Crippen molar-refractivity contribution in [3.05, 3.63) is 12.4 Å². The lowest BCUT2D eigenvalue weighted by Crippen LogP contribution is -2.44. The lowest BCUT2D eigenvalue weighted by atomic mass is 10.0. The molecule has 0 saturated carbocycles. The molecule has 0 fully saturated rings. The third-order valence-corrected chi connectivity index (χ3v) is 2.67. The van der Waals surface area contributed by atoms with E-state index in [0.29, 0.717) is 5.75 Å². The Bertz CT molecular complexity index is 372. The average Bonchev–Trinajstić information content (AvgIpc) is 2.74. The molecule has 0 aliphatic carbocycles. The van der Waals surface area contributed by atoms with Gasteiger partial charge >= 0.3 is 0 Å². The Kier molecular flexibility index (Phi) is 4.54. The van der Waals surface area contributed by atoms with Crippen molar-refractivity contribution in [1.29, 1.82) is 0 Å². The van der Waals surface area contributed by atoms with Crippen molar-refractivity contribution in [1.82, 2.24) is 15.1 Å². The molecule has 0 bridgehead atoms. The fourth-order valence-electron chi connectivity index (χ4n) is 1.24. The van der Waals surface area contributed by atoms with E-state index >= 15 is 0 Å². The van der Waals surface area contributed by atoms with Gasteiger partial charge in [-0.05, 0) is 27.2 Å². The molecule has 5 heteroatoms. The van der Waals surface area contributed by atoms with Crippen LogP contribution in [0, 0.1) is 0 Å². The summed E-state index contributed by atoms with van der Waals surface area (Å²) < 4.78 is 7.10. The van der Waals surface area contributed by atoms with E-state index in [1.807, 2.05) is 27.7 Å². The first kappa shape index (κ1) is 13.5. The molecule has 0 saturated heterocycles. The Labute approximate surface area is 102 Å². The van der Waals surface area contributed by atoms with Crippen molar-refractivity contribution in [2.75, 3.05) is 6.61 Å². The van der Waals surface area contributed by atoms with Crippen LogP contribution in [0.25, 0.3) is 0 Å². The van der Waals surface area contributed by atoms with Crippen molar-refractivity contribution in [2.45, 2.75) is 46.2 Å². The number of carbonyl (C=O) groups is 1. The highest BCUT2D eigenvalue weighted by Gasteiger charge is 2.17. The van der Waals surface area contributed by atoms with E-state index in [1.54, 1.807) is 17.1 Å². The summed E-state index contributed by atoms with van der Waals surface area (Å²) in [5.74, 6) is 0.511. The molecule has 1 amide bonds. The van der Waals surface area contributed by atoms with Gasteiger partial charge in [-0.3, -0.25) is 9.48 Å². The Balaban J connectivity index is 2.38. The Morgan fingerprint density at radius 2 is 2.24 bits per heavy atom. The number of rotatable bonds is 6. The van der Waals surface area contributed by atoms with E-state index in [2.05, 4.69) is 10.4 Å². The van der Waals surface area contributed by atoms with Crippen LogP contribution < -0.4 is 10.1 Å². The van der Waals surface area contributed by atoms with Crippen LogP contribution in [-0.4, -0.2) is 27.8 Å². The standard InChI is InChI=1S/C12H21N3O2/c1-5-12(3,4)14-11(16)9-17-10-7-13-15(6-2)8-10/h7-8H,5-6,9H2,1-4H3,(H,14,16). The number of ether oxygens (including phenoxy) is 1. The van der Waals surface area contributed by atoms with E-state index in [9.17, 15) is 4.79 Å². The number of carbonyl (C=O) groups excluding carboxylic acids is 1. The maximum absolute atomic E-state index is 11.6. The first-order chi connectivity index (χ1) is 7.96. The summed E-state index contributed by atoms with van der Waals surface area (Å²) in [5.41, 5.74) is -0.186. The summed E-state index contributed by atoms with van der Waals surface area (Å²) in [5, 5.41) is 6.97. The molecule has 0 aromatic carbocycles. The van der Waals surface area contributed by atoms with Gasteiger partial charge in [-0.1, -0.05) is 6.92 Å². The first-order valence-corrected chi connectivity index (χ1v) is 5.93. The zero-order valence-electron chi connectivity index (χ0n) is 11.0. The van der Waals surface area contributed by atoms with Crippen LogP contribution in [0.5, 0.6) is 5.75 Å². The molecule has 0 aliphatic rings. The monoisotopic (exact) mass is 239 g/mol. The number of amides is 1. The maximum atomic E-state index is 11.6. The minimum Gasteiger partial charge on any atom is -0.480 e. The number of nitrogens with one attached hydrogen (secondary N) is 1. The number of aryl methyl sites for hydroxylation is 1. The normalized spacial score (nSPS) is 11.3. The molecular formula is C12H21N3O2. The van der Waals surface area contributed by atoms with Crippen molar-refractivity contribution < 1.29 is 9.53 Å². The van der Waals surface area contributed by atoms with Crippen LogP contribution in [0.4, 0.5) is 0 Å². The van der Waals surface area contributed by atoms with Crippen molar-refractivity contribution in [3.63, 3.8) is 0 Å². The second kappa shape index (κ2) is 5.70. The SMILES string of the molecule is CCn1cc(OCC(=O)NC(C)(C)CC)cn1. The van der Waals surface area contributed by atoms with E-state index in [4.69, 9.17) is 4.74 Å². The molecule has 0 radical (unpaired) electrons. The molecule has 0 atom stereocenters. The first-order valence-electron chi connectivity index (χ1n) is 5.93. The number of hydrogen-bond donors (Lipinski definition) is 1. The summed E-state index contributed by atoms with van der Waals surface area (Å²) in [6.07, 6.45) is 4.27. The molecule has 0 unspecified atom stereocenters. The van der Waals surface area contributed by atoms with Crippen molar-refractivity contribution in [3.8, 4) is 5.75 Å². The van der Waals surface area contributed by atoms with E-state index < -0.39 is 0 Å². The Hall–Kier alpha value is -1.52. The highest BCUT2D eigenvalue weighted by molar-refractivity contribution is 5.78. The average molecular weight is 239 g/mol. The van der Waals surface area contributed by atoms with Gasteiger partial charge in [0.05, 0.1) is 12.4 Å². The Morgan fingerprint density at radius 1 is 1.53 bits per heavy atom. The molecule has 1 N–H and O–H groups in total. The van der Waals surface area contributed by atoms with E-state index in [0.717, 1.165) is 13.0 Å². The zero-order valence-corrected chi connectivity index (χ0v) is 11.0. The summed E-state index contributed by atoms with van der Waals surface area (Å²) >= 11 is 0. The Morgan fingerprint density at radius 3 is 2.76 bits per heavy atom. The van der Waals surface area contributed by atoms with Crippen LogP contribution in [0.2, 0.25) is 0 Å². The predicted molar refractivity (Wildman–Crippen MR) is 65.9 cm³/mol. The second-order valence-electron chi connectivity index (χ2n) is 4.61. The van der Waals surface area contributed by atoms with Gasteiger partial charge in [0.25, 0.3) is 5.91 Å². The van der Waals surface area contributed by atoms with Gasteiger partial charge in [-0.25, -0.2) is 0 Å². The molecule has 17 heavy (non-hydrogen) atoms. The fraction of sp³-hybridized carbons (Fsp3) is 0.667. The minimum absolute atomic E-state index is 0.0266. The molecule has 0 aliphatic heterocycles. The zero-order chi connectivity index (χ0) is 12.9. The second-order valence-corrected chi connectivity index (χ2v) is 4.61. The number of aromatic nitrogens is 2. The van der Waals surface area contributed by atoms with Gasteiger partial charge in [0.15, 0.2) is 12.4 Å². The lowest BCUT2D eigenvalue weighted by Gasteiger charge is -2.24. The highest BCUT2D eigenvalue weighted by atomic mass is 16.5. The largest absolute Gasteiger partial charge is 0.480 e. The summed E-state index contributed by atoms with van der Waals surface area (Å²) in [6.45, 7) is 8.82. The molecule has 1 heterocycles. The van der Waals surface area contributed by atoms with Gasteiger partial charge in [0.2, 0.25) is 0 Å². The van der Waals surface area contributed by atoms with Gasteiger partial charge < -0.3 is 10.1 Å². The van der Waals surface area contributed by atoms with E-state index in [-0.39, 0.29) is 18.1 Å². The lowest BCUT2D eigenvalue weighted by molar-refractivity contribution is -0.124. The quantitative estimate of drug-likeness (QED) is 0.820. The van der Waals surface area contributed by atoms with E-state index in [1.165, 1.54) is 0 Å². The van der Waals surface area contributed by atoms with Gasteiger partial charge in [0.1, 0.15) is 0 Å². The number of hydrogen-bond acceptors (Lipinski definition) is 3. The topological polar surface area (TPSA) is 56.1 Å². The van der Waals surface area contributed by atoms with Crippen LogP contribution in [-0.2, 0) is 11.3 Å². The maximum Gasteiger partial charge on any atom is 0.258 e. The highest BCUT2D eigenvalue weighted by Crippen LogP contribution is 2.09. The summed E-state index contributed by atoms with van der Waals surface area (Å²) in [4.78, 5) is 11.6. The third-order valence-electron chi connectivity index (χ3n) is 2.67. The molecular weight excluding hydrogens is 218 g/mol. The summed E-state index contributed by atoms with van der Waals surface area (Å²) in [6, 6.07) is 0. The van der Waals surface area contributed by atoms with Gasteiger partial charge in [-0.15, -0.1) is 0 Å². The fourth-order valence-corrected chi connectivity index (χ4v) is 1.24. The minimum atomic E-state index is -0.186.